The van der Waals surface area contributed by atoms with Crippen LogP contribution in [0.25, 0.3) is 0 Å². The summed E-state index contributed by atoms with van der Waals surface area (Å²) in [5, 5.41) is 7.44. The Kier molecular flexibility index (Phi) is 5.40. The maximum absolute atomic E-state index is 12.6. The van der Waals surface area contributed by atoms with Crippen molar-refractivity contribution in [2.45, 2.75) is 38.6 Å². The van der Waals surface area contributed by atoms with Crippen LogP contribution in [0, 0.1) is 11.8 Å². The molecule has 0 aliphatic carbocycles. The molecule has 2 unspecified atom stereocenters. The van der Waals surface area contributed by atoms with Gasteiger partial charge in [0, 0.05) is 25.8 Å². The van der Waals surface area contributed by atoms with E-state index in [9.17, 15) is 8.42 Å². The normalized spacial score (nSPS) is 23.8. The van der Waals surface area contributed by atoms with E-state index >= 15 is 0 Å². The minimum atomic E-state index is -3.39. The van der Waals surface area contributed by atoms with Crippen LogP contribution in [0.2, 0.25) is 0 Å². The summed E-state index contributed by atoms with van der Waals surface area (Å²) in [7, 11) is -3.39. The lowest BCUT2D eigenvalue weighted by Crippen LogP contribution is -2.28. The maximum Gasteiger partial charge on any atom is 0.246 e. The van der Waals surface area contributed by atoms with Crippen LogP contribution in [0.3, 0.4) is 0 Å². The van der Waals surface area contributed by atoms with Gasteiger partial charge in [-0.3, -0.25) is 4.68 Å². The Balaban J connectivity index is 1.99. The Hall–Kier alpha value is -0.920. The molecule has 1 aliphatic heterocycles. The van der Waals surface area contributed by atoms with E-state index in [-0.39, 0.29) is 0 Å². The zero-order chi connectivity index (χ0) is 15.5. The van der Waals surface area contributed by atoms with Crippen molar-refractivity contribution in [3.8, 4) is 0 Å². The van der Waals surface area contributed by atoms with E-state index in [2.05, 4.69) is 31.2 Å². The van der Waals surface area contributed by atoms with Gasteiger partial charge in [-0.1, -0.05) is 20.8 Å². The second-order valence-electron chi connectivity index (χ2n) is 5.97. The van der Waals surface area contributed by atoms with Crippen LogP contribution in [-0.4, -0.2) is 48.7 Å². The minimum Gasteiger partial charge on any atom is -0.315 e. The van der Waals surface area contributed by atoms with Crippen LogP contribution in [0.1, 0.15) is 27.2 Å². The summed E-state index contributed by atoms with van der Waals surface area (Å²) in [4.78, 5) is 0.305. The first-order valence-corrected chi connectivity index (χ1v) is 9.12. The number of nitrogens with one attached hydrogen (secondary N) is 1. The van der Waals surface area contributed by atoms with Crippen LogP contribution < -0.4 is 5.32 Å². The van der Waals surface area contributed by atoms with E-state index in [4.69, 9.17) is 0 Å². The summed E-state index contributed by atoms with van der Waals surface area (Å²) in [5.41, 5.74) is 0. The highest BCUT2D eigenvalue weighted by molar-refractivity contribution is 7.89. The lowest BCUT2D eigenvalue weighted by Gasteiger charge is -2.14. The van der Waals surface area contributed by atoms with Crippen LogP contribution in [0.4, 0.5) is 0 Å². The predicted molar refractivity (Wildman–Crippen MR) is 82.5 cm³/mol. The SMILES string of the molecule is CCCNCCn1cc(S(=O)(=O)N2CC(C)C(C)C2)cn1. The summed E-state index contributed by atoms with van der Waals surface area (Å²) >= 11 is 0. The summed E-state index contributed by atoms with van der Waals surface area (Å²) in [6.45, 7) is 9.97. The quantitative estimate of drug-likeness (QED) is 0.767. The average Bonchev–Trinajstić information content (AvgIpc) is 3.04. The van der Waals surface area contributed by atoms with Gasteiger partial charge in [0.05, 0.1) is 12.7 Å². The molecule has 120 valence electrons. The molecule has 1 aliphatic rings. The van der Waals surface area contributed by atoms with Crippen molar-refractivity contribution in [3.05, 3.63) is 12.4 Å². The van der Waals surface area contributed by atoms with Gasteiger partial charge in [-0.05, 0) is 24.8 Å². The van der Waals surface area contributed by atoms with Crippen molar-refractivity contribution >= 4 is 10.0 Å². The van der Waals surface area contributed by atoms with E-state index in [0.717, 1.165) is 19.5 Å². The molecular weight excluding hydrogens is 288 g/mol. The first-order valence-electron chi connectivity index (χ1n) is 7.68. The second kappa shape index (κ2) is 6.89. The average molecular weight is 314 g/mol. The van der Waals surface area contributed by atoms with Crippen molar-refractivity contribution in [2.24, 2.45) is 11.8 Å². The smallest absolute Gasteiger partial charge is 0.246 e. The highest BCUT2D eigenvalue weighted by Gasteiger charge is 2.35. The molecule has 2 atom stereocenters. The van der Waals surface area contributed by atoms with Crippen LogP contribution in [0.15, 0.2) is 17.3 Å². The highest BCUT2D eigenvalue weighted by Crippen LogP contribution is 2.27. The molecule has 0 aromatic carbocycles. The molecule has 2 rings (SSSR count). The van der Waals surface area contributed by atoms with Gasteiger partial charge in [0.25, 0.3) is 0 Å². The molecule has 0 amide bonds. The van der Waals surface area contributed by atoms with Crippen molar-refractivity contribution in [3.63, 3.8) is 0 Å². The van der Waals surface area contributed by atoms with Gasteiger partial charge >= 0.3 is 0 Å². The fraction of sp³-hybridized carbons (Fsp3) is 0.786. The Labute approximate surface area is 127 Å². The van der Waals surface area contributed by atoms with Gasteiger partial charge in [0.2, 0.25) is 10.0 Å². The molecule has 1 aromatic rings. The second-order valence-corrected chi connectivity index (χ2v) is 7.90. The number of aromatic nitrogens is 2. The summed E-state index contributed by atoms with van der Waals surface area (Å²) < 4.78 is 28.4. The fourth-order valence-corrected chi connectivity index (χ4v) is 4.11. The van der Waals surface area contributed by atoms with Crippen molar-refractivity contribution < 1.29 is 8.42 Å². The molecular formula is C14H26N4O2S. The summed E-state index contributed by atoms with van der Waals surface area (Å²) in [5.74, 6) is 0.820. The third-order valence-corrected chi connectivity index (χ3v) is 5.93. The standard InChI is InChI=1S/C14H26N4O2S/c1-4-5-15-6-7-17-11-14(8-16-17)21(19,20)18-9-12(2)13(3)10-18/h8,11-13,15H,4-7,9-10H2,1-3H3. The van der Waals surface area contributed by atoms with Gasteiger partial charge in [0.15, 0.2) is 0 Å². The number of nitrogens with zero attached hydrogens (tertiary/aromatic N) is 3. The third-order valence-electron chi connectivity index (χ3n) is 4.15. The summed E-state index contributed by atoms with van der Waals surface area (Å²) in [6.07, 6.45) is 4.18. The van der Waals surface area contributed by atoms with Gasteiger partial charge in [-0.25, -0.2) is 8.42 Å². The van der Waals surface area contributed by atoms with E-state index < -0.39 is 10.0 Å². The lowest BCUT2D eigenvalue weighted by atomic mass is 10.0. The first-order chi connectivity index (χ1) is 9.95. The van der Waals surface area contributed by atoms with Gasteiger partial charge < -0.3 is 5.32 Å². The molecule has 1 N–H and O–H groups in total. The minimum absolute atomic E-state index is 0.305. The molecule has 2 heterocycles. The molecule has 7 heteroatoms. The van der Waals surface area contributed by atoms with Crippen molar-refractivity contribution in [1.29, 1.82) is 0 Å². The predicted octanol–water partition coefficient (Wildman–Crippen LogP) is 1.16. The van der Waals surface area contributed by atoms with Crippen LogP contribution in [-0.2, 0) is 16.6 Å². The fourth-order valence-electron chi connectivity index (χ4n) is 2.52. The molecule has 6 nitrogen and oxygen atoms in total. The third kappa shape index (κ3) is 3.84. The maximum atomic E-state index is 12.6. The molecule has 0 saturated carbocycles. The monoisotopic (exact) mass is 314 g/mol. The van der Waals surface area contributed by atoms with Crippen molar-refractivity contribution in [1.82, 2.24) is 19.4 Å². The lowest BCUT2D eigenvalue weighted by molar-refractivity contribution is 0.463. The molecule has 1 fully saturated rings. The number of sulfonamides is 1. The zero-order valence-corrected chi connectivity index (χ0v) is 13.9. The molecule has 0 radical (unpaired) electrons. The van der Waals surface area contributed by atoms with Crippen molar-refractivity contribution in [2.75, 3.05) is 26.2 Å². The Bertz CT molecular complexity index is 545. The Morgan fingerprint density at radius 1 is 1.29 bits per heavy atom. The number of hydrogen-bond donors (Lipinski definition) is 1. The van der Waals surface area contributed by atoms with Gasteiger partial charge in [-0.15, -0.1) is 0 Å². The number of hydrogen-bond acceptors (Lipinski definition) is 4. The number of rotatable bonds is 7. The van der Waals surface area contributed by atoms with E-state index in [1.807, 2.05) is 0 Å². The molecule has 0 spiro atoms. The molecule has 0 bridgehead atoms. The van der Waals surface area contributed by atoms with Crippen LogP contribution in [0.5, 0.6) is 0 Å². The van der Waals surface area contributed by atoms with Gasteiger partial charge in [-0.2, -0.15) is 9.40 Å². The zero-order valence-electron chi connectivity index (χ0n) is 13.1. The molecule has 1 aromatic heterocycles. The van der Waals surface area contributed by atoms with E-state index in [1.54, 1.807) is 15.2 Å². The largest absolute Gasteiger partial charge is 0.315 e. The first kappa shape index (κ1) is 16.5. The summed E-state index contributed by atoms with van der Waals surface area (Å²) in [6, 6.07) is 0. The van der Waals surface area contributed by atoms with Gasteiger partial charge in [0.1, 0.15) is 4.90 Å². The Morgan fingerprint density at radius 2 is 1.95 bits per heavy atom. The highest BCUT2D eigenvalue weighted by atomic mass is 32.2. The Morgan fingerprint density at radius 3 is 2.57 bits per heavy atom. The topological polar surface area (TPSA) is 67.2 Å². The van der Waals surface area contributed by atoms with Crippen LogP contribution >= 0.6 is 0 Å². The van der Waals surface area contributed by atoms with E-state index in [0.29, 0.717) is 36.4 Å². The molecule has 21 heavy (non-hydrogen) atoms. The molecule has 1 saturated heterocycles. The van der Waals surface area contributed by atoms with E-state index in [1.165, 1.54) is 6.20 Å².